The maximum atomic E-state index is 12.8. The average molecular weight is 857 g/mol. The van der Waals surface area contributed by atoms with Crippen molar-refractivity contribution in [3.8, 4) is 0 Å². The number of hydrogen-bond donors (Lipinski definition) is 0. The molecule has 0 radical (unpaired) electrons. The maximum Gasteiger partial charge on any atom is 0.306 e. The first-order valence-corrected chi connectivity index (χ1v) is 24.6. The van der Waals surface area contributed by atoms with E-state index in [0.717, 1.165) is 96.3 Å². The first-order valence-electron chi connectivity index (χ1n) is 24.6. The lowest BCUT2D eigenvalue weighted by Gasteiger charge is -2.18. The summed E-state index contributed by atoms with van der Waals surface area (Å²) in [6, 6.07) is 0. The van der Waals surface area contributed by atoms with Gasteiger partial charge in [-0.3, -0.25) is 14.4 Å². The summed E-state index contributed by atoms with van der Waals surface area (Å²) in [6.45, 7) is 6.24. The zero-order chi connectivity index (χ0) is 45.1. The minimum Gasteiger partial charge on any atom is -0.462 e. The summed E-state index contributed by atoms with van der Waals surface area (Å²) < 4.78 is 16.7. The van der Waals surface area contributed by atoms with Crippen LogP contribution in [0.3, 0.4) is 0 Å². The van der Waals surface area contributed by atoms with Crippen LogP contribution in [0.15, 0.2) is 122 Å². The molecule has 0 aromatic carbocycles. The molecule has 0 saturated carbocycles. The van der Waals surface area contributed by atoms with E-state index >= 15 is 0 Å². The van der Waals surface area contributed by atoms with Crippen molar-refractivity contribution in [1.82, 2.24) is 0 Å². The molecule has 0 spiro atoms. The van der Waals surface area contributed by atoms with Gasteiger partial charge in [0, 0.05) is 19.3 Å². The molecule has 6 heteroatoms. The van der Waals surface area contributed by atoms with Crippen LogP contribution < -0.4 is 0 Å². The molecule has 0 rings (SSSR count). The van der Waals surface area contributed by atoms with Crippen LogP contribution in [0.4, 0.5) is 0 Å². The van der Waals surface area contributed by atoms with Gasteiger partial charge in [0.15, 0.2) is 6.10 Å². The van der Waals surface area contributed by atoms with Crippen molar-refractivity contribution in [3.63, 3.8) is 0 Å². The summed E-state index contributed by atoms with van der Waals surface area (Å²) in [5.74, 6) is -1.04. The Morgan fingerprint density at radius 1 is 0.355 bits per heavy atom. The highest BCUT2D eigenvalue weighted by Gasteiger charge is 2.19. The molecule has 0 saturated heterocycles. The Morgan fingerprint density at radius 2 is 0.726 bits per heavy atom. The smallest absolute Gasteiger partial charge is 0.306 e. The number of unbranched alkanes of at least 4 members (excludes halogenated alkanes) is 15. The summed E-state index contributed by atoms with van der Waals surface area (Å²) in [5, 5.41) is 0. The topological polar surface area (TPSA) is 78.9 Å². The van der Waals surface area contributed by atoms with Crippen molar-refractivity contribution in [2.45, 2.75) is 200 Å². The van der Waals surface area contributed by atoms with Gasteiger partial charge >= 0.3 is 17.9 Å². The van der Waals surface area contributed by atoms with E-state index in [2.05, 4.69) is 87.6 Å². The molecule has 0 amide bonds. The quantitative estimate of drug-likeness (QED) is 0.0200. The van der Waals surface area contributed by atoms with Crippen LogP contribution in [0.25, 0.3) is 0 Å². The lowest BCUT2D eigenvalue weighted by molar-refractivity contribution is -0.167. The molecular formula is C56H88O6. The highest BCUT2D eigenvalue weighted by molar-refractivity contribution is 5.71. The fraction of sp³-hybridized carbons (Fsp3) is 0.589. The largest absolute Gasteiger partial charge is 0.462 e. The van der Waals surface area contributed by atoms with Gasteiger partial charge in [0.1, 0.15) is 13.2 Å². The van der Waals surface area contributed by atoms with Gasteiger partial charge in [-0.25, -0.2) is 0 Å². The van der Waals surface area contributed by atoms with Gasteiger partial charge in [-0.05, 0) is 96.3 Å². The third kappa shape index (κ3) is 46.9. The van der Waals surface area contributed by atoms with Crippen LogP contribution in [0, 0.1) is 0 Å². The van der Waals surface area contributed by atoms with Gasteiger partial charge in [0.25, 0.3) is 0 Å². The summed E-state index contributed by atoms with van der Waals surface area (Å²) in [5.41, 5.74) is 0. The van der Waals surface area contributed by atoms with E-state index in [9.17, 15) is 14.4 Å². The first-order chi connectivity index (χ1) is 30.5. The molecule has 0 aliphatic rings. The zero-order valence-corrected chi connectivity index (χ0v) is 39.6. The normalized spacial score (nSPS) is 13.1. The van der Waals surface area contributed by atoms with Crippen molar-refractivity contribution >= 4 is 17.9 Å². The summed E-state index contributed by atoms with van der Waals surface area (Å²) in [6.07, 6.45) is 67.6. The molecule has 0 bridgehead atoms. The molecule has 1 atom stereocenters. The van der Waals surface area contributed by atoms with Gasteiger partial charge < -0.3 is 14.2 Å². The third-order valence-electron chi connectivity index (χ3n) is 9.81. The van der Waals surface area contributed by atoms with E-state index in [1.165, 1.54) is 51.4 Å². The van der Waals surface area contributed by atoms with E-state index < -0.39 is 6.10 Å². The SMILES string of the molecule is CC/C=C/C=C/C=C/C=C/C=C/CCCC(=O)OCC(COC(=O)CCCCCCCCC/C=C/C/C=C/CCCCC)OC(=O)CCCCCC/C=C/C/C=C/C/C=C/CC. The van der Waals surface area contributed by atoms with Crippen molar-refractivity contribution < 1.29 is 28.6 Å². The summed E-state index contributed by atoms with van der Waals surface area (Å²) in [4.78, 5) is 37.9. The van der Waals surface area contributed by atoms with Crippen LogP contribution in [0.5, 0.6) is 0 Å². The fourth-order valence-corrected chi connectivity index (χ4v) is 6.16. The molecule has 0 aromatic rings. The Morgan fingerprint density at radius 3 is 1.23 bits per heavy atom. The van der Waals surface area contributed by atoms with Crippen LogP contribution in [0.1, 0.15) is 194 Å². The number of ether oxygens (including phenoxy) is 3. The summed E-state index contributed by atoms with van der Waals surface area (Å²) >= 11 is 0. The Labute approximate surface area is 380 Å². The highest BCUT2D eigenvalue weighted by Crippen LogP contribution is 2.13. The van der Waals surface area contributed by atoms with Gasteiger partial charge in [0.05, 0.1) is 0 Å². The Hall–Kier alpha value is -4.19. The zero-order valence-electron chi connectivity index (χ0n) is 39.6. The molecule has 62 heavy (non-hydrogen) atoms. The minimum atomic E-state index is -0.824. The predicted molar refractivity (Wildman–Crippen MR) is 265 cm³/mol. The van der Waals surface area contributed by atoms with Crippen LogP contribution in [-0.2, 0) is 28.6 Å². The van der Waals surface area contributed by atoms with Crippen molar-refractivity contribution in [3.05, 3.63) is 122 Å². The number of rotatable bonds is 42. The Balaban J connectivity index is 4.54. The average Bonchev–Trinajstić information content (AvgIpc) is 3.27. The van der Waals surface area contributed by atoms with Gasteiger partial charge in [-0.2, -0.15) is 0 Å². The third-order valence-corrected chi connectivity index (χ3v) is 9.81. The Kier molecular flexibility index (Phi) is 46.1. The van der Waals surface area contributed by atoms with Crippen molar-refractivity contribution in [2.24, 2.45) is 0 Å². The van der Waals surface area contributed by atoms with Crippen molar-refractivity contribution in [1.29, 1.82) is 0 Å². The second-order valence-corrected chi connectivity index (χ2v) is 15.7. The van der Waals surface area contributed by atoms with Gasteiger partial charge in [-0.15, -0.1) is 0 Å². The summed E-state index contributed by atoms with van der Waals surface area (Å²) in [7, 11) is 0. The lowest BCUT2D eigenvalue weighted by atomic mass is 10.1. The van der Waals surface area contributed by atoms with Crippen molar-refractivity contribution in [2.75, 3.05) is 13.2 Å². The van der Waals surface area contributed by atoms with Gasteiger partial charge in [0.2, 0.25) is 0 Å². The molecule has 0 N–H and O–H groups in total. The van der Waals surface area contributed by atoms with E-state index in [0.29, 0.717) is 12.8 Å². The number of esters is 3. The fourth-order valence-electron chi connectivity index (χ4n) is 6.16. The molecule has 0 fully saturated rings. The molecule has 0 aliphatic heterocycles. The second kappa shape index (κ2) is 49.5. The molecule has 0 aromatic heterocycles. The van der Waals surface area contributed by atoms with E-state index in [4.69, 9.17) is 14.2 Å². The van der Waals surface area contributed by atoms with E-state index in [-0.39, 0.29) is 44.0 Å². The molecule has 0 aliphatic carbocycles. The molecule has 0 heterocycles. The molecular weight excluding hydrogens is 769 g/mol. The molecule has 1 unspecified atom stereocenters. The van der Waals surface area contributed by atoms with Crippen LogP contribution in [0.2, 0.25) is 0 Å². The van der Waals surface area contributed by atoms with Gasteiger partial charge in [-0.1, -0.05) is 200 Å². The number of allylic oxidation sites excluding steroid dienone is 20. The Bertz CT molecular complexity index is 1350. The monoisotopic (exact) mass is 857 g/mol. The van der Waals surface area contributed by atoms with Crippen LogP contribution in [-0.4, -0.2) is 37.2 Å². The standard InChI is InChI=1S/C56H88O6/c1-4-7-10-13-16-19-22-25-27-28-29-32-34-37-40-43-46-49-55(58)61-52-53(51-60-54(57)48-45-42-39-36-33-30-24-21-18-15-12-9-6-3)62-56(59)50-47-44-41-38-35-31-26-23-20-17-14-11-8-5-2/h8-9,11-12,15-21,24-27,30-31,33,36,39,53H,4-7,10,13-14,22-23,28-29,32,34-35,37-38,40-52H2,1-3H3/b11-8+,12-9+,18-15+,19-16+,20-17+,24-21+,27-25+,31-26+,33-30+,39-36+. The number of carbonyl (C=O) groups is 3. The molecule has 6 nitrogen and oxygen atoms in total. The second-order valence-electron chi connectivity index (χ2n) is 15.7. The van der Waals surface area contributed by atoms with E-state index in [1.54, 1.807) is 0 Å². The lowest BCUT2D eigenvalue weighted by Crippen LogP contribution is -2.30. The first kappa shape index (κ1) is 57.8. The molecule has 348 valence electrons. The minimum absolute atomic E-state index is 0.118. The van der Waals surface area contributed by atoms with E-state index in [1.807, 2.05) is 54.7 Å². The predicted octanol–water partition coefficient (Wildman–Crippen LogP) is 16.1. The maximum absolute atomic E-state index is 12.8. The van der Waals surface area contributed by atoms with Crippen LogP contribution >= 0.6 is 0 Å². The number of carbonyl (C=O) groups excluding carboxylic acids is 3. The highest BCUT2D eigenvalue weighted by atomic mass is 16.6. The number of hydrogen-bond acceptors (Lipinski definition) is 6.